The molecule has 3 heterocycles. The van der Waals surface area contributed by atoms with Crippen LogP contribution in [0.5, 0.6) is 0 Å². The summed E-state index contributed by atoms with van der Waals surface area (Å²) in [6, 6.07) is 0.284. The van der Waals surface area contributed by atoms with Crippen LogP contribution in [0.15, 0.2) is 6.33 Å². The Morgan fingerprint density at radius 2 is 2.42 bits per heavy atom. The monoisotopic (exact) mass is 281 g/mol. The van der Waals surface area contributed by atoms with E-state index in [-0.39, 0.29) is 6.04 Å². The highest BCUT2D eigenvalue weighted by atomic mass is 35.5. The third-order valence-corrected chi connectivity index (χ3v) is 4.01. The number of halogens is 1. The third-order valence-electron chi connectivity index (χ3n) is 3.64. The number of nitrogens with one attached hydrogen (secondary N) is 1. The molecule has 1 aliphatic rings. The highest BCUT2D eigenvalue weighted by Crippen LogP contribution is 2.25. The van der Waals surface area contributed by atoms with Crippen LogP contribution in [0.25, 0.3) is 5.78 Å². The van der Waals surface area contributed by atoms with Crippen molar-refractivity contribution in [2.24, 2.45) is 5.92 Å². The molecule has 0 spiro atoms. The zero-order chi connectivity index (χ0) is 13.4. The summed E-state index contributed by atoms with van der Waals surface area (Å²) in [5.74, 6) is 1.87. The molecular weight excluding hydrogens is 266 g/mol. The van der Waals surface area contributed by atoms with Crippen molar-refractivity contribution in [3.63, 3.8) is 0 Å². The lowest BCUT2D eigenvalue weighted by Gasteiger charge is -2.22. The second kappa shape index (κ2) is 4.94. The van der Waals surface area contributed by atoms with Crippen molar-refractivity contribution in [3.05, 3.63) is 17.0 Å². The van der Waals surface area contributed by atoms with E-state index in [9.17, 15) is 0 Å². The second-order valence-electron chi connectivity index (χ2n) is 4.90. The van der Waals surface area contributed by atoms with Gasteiger partial charge in [0.2, 0.25) is 0 Å². The van der Waals surface area contributed by atoms with Crippen LogP contribution in [0.3, 0.4) is 0 Å². The molecular formula is C12H16ClN5O. The average molecular weight is 282 g/mol. The van der Waals surface area contributed by atoms with E-state index in [0.29, 0.717) is 16.8 Å². The van der Waals surface area contributed by atoms with Gasteiger partial charge in [0, 0.05) is 24.1 Å². The highest BCUT2D eigenvalue weighted by molar-refractivity contribution is 6.30. The van der Waals surface area contributed by atoms with Crippen LogP contribution in [-0.2, 0) is 4.74 Å². The quantitative estimate of drug-likeness (QED) is 0.871. The number of ether oxygens (including phenoxy) is 1. The Hall–Kier alpha value is -1.40. The van der Waals surface area contributed by atoms with Crippen LogP contribution in [0.2, 0.25) is 5.15 Å². The topological polar surface area (TPSA) is 64.3 Å². The van der Waals surface area contributed by atoms with Crippen LogP contribution in [0.1, 0.15) is 18.9 Å². The normalized spacial score (nSPS) is 20.9. The van der Waals surface area contributed by atoms with Crippen molar-refractivity contribution in [1.82, 2.24) is 19.6 Å². The molecule has 1 saturated heterocycles. The SMILES string of the molecule is Cc1c(Cl)nc2ncnn2c1NC(C)C1CCOC1. The summed E-state index contributed by atoms with van der Waals surface area (Å²) < 4.78 is 7.12. The van der Waals surface area contributed by atoms with Crippen LogP contribution < -0.4 is 5.32 Å². The number of nitrogens with zero attached hydrogens (tertiary/aromatic N) is 4. The van der Waals surface area contributed by atoms with Gasteiger partial charge in [-0.05, 0) is 20.3 Å². The summed E-state index contributed by atoms with van der Waals surface area (Å²) in [7, 11) is 0. The fourth-order valence-electron chi connectivity index (χ4n) is 2.35. The Bertz CT molecular complexity index is 593. The maximum atomic E-state index is 6.14. The van der Waals surface area contributed by atoms with Crippen LogP contribution in [0.4, 0.5) is 5.82 Å². The standard InChI is InChI=1S/C12H16ClN5O/c1-7-10(13)17-12-14-6-15-18(12)11(7)16-8(2)9-3-4-19-5-9/h6,8-9,16H,3-5H2,1-2H3. The van der Waals surface area contributed by atoms with E-state index in [1.165, 1.54) is 6.33 Å². The Labute approximate surface area is 116 Å². The minimum Gasteiger partial charge on any atom is -0.381 e. The van der Waals surface area contributed by atoms with Gasteiger partial charge in [-0.1, -0.05) is 11.6 Å². The van der Waals surface area contributed by atoms with E-state index in [0.717, 1.165) is 31.0 Å². The van der Waals surface area contributed by atoms with Gasteiger partial charge >= 0.3 is 0 Å². The zero-order valence-corrected chi connectivity index (χ0v) is 11.7. The lowest BCUT2D eigenvalue weighted by atomic mass is 10.0. The van der Waals surface area contributed by atoms with Crippen molar-refractivity contribution in [2.45, 2.75) is 26.3 Å². The third kappa shape index (κ3) is 2.26. The van der Waals surface area contributed by atoms with E-state index >= 15 is 0 Å². The van der Waals surface area contributed by atoms with Crippen molar-refractivity contribution < 1.29 is 4.74 Å². The minimum atomic E-state index is 0.284. The Kier molecular flexibility index (Phi) is 3.28. The number of hydrogen-bond donors (Lipinski definition) is 1. The van der Waals surface area contributed by atoms with E-state index in [4.69, 9.17) is 16.3 Å². The predicted molar refractivity (Wildman–Crippen MR) is 72.5 cm³/mol. The van der Waals surface area contributed by atoms with Gasteiger partial charge in [-0.3, -0.25) is 0 Å². The number of anilines is 1. The van der Waals surface area contributed by atoms with E-state index in [2.05, 4.69) is 27.3 Å². The van der Waals surface area contributed by atoms with Gasteiger partial charge in [-0.15, -0.1) is 0 Å². The molecule has 19 heavy (non-hydrogen) atoms. The van der Waals surface area contributed by atoms with E-state index in [1.54, 1.807) is 4.52 Å². The summed E-state index contributed by atoms with van der Waals surface area (Å²) in [6.07, 6.45) is 2.55. The maximum absolute atomic E-state index is 6.14. The Morgan fingerprint density at radius 3 is 3.16 bits per heavy atom. The van der Waals surface area contributed by atoms with Gasteiger partial charge < -0.3 is 10.1 Å². The number of aromatic nitrogens is 4. The molecule has 2 atom stereocenters. The van der Waals surface area contributed by atoms with E-state index < -0.39 is 0 Å². The second-order valence-corrected chi connectivity index (χ2v) is 5.26. The Balaban J connectivity index is 1.94. The first-order valence-corrected chi connectivity index (χ1v) is 6.74. The summed E-state index contributed by atoms with van der Waals surface area (Å²) in [5, 5.41) is 8.13. The number of hydrogen-bond acceptors (Lipinski definition) is 5. The van der Waals surface area contributed by atoms with E-state index in [1.807, 2.05) is 6.92 Å². The number of rotatable bonds is 3. The molecule has 102 valence electrons. The molecule has 6 nitrogen and oxygen atoms in total. The summed E-state index contributed by atoms with van der Waals surface area (Å²) in [4.78, 5) is 8.27. The number of fused-ring (bicyclic) bond motifs is 1. The molecule has 2 aromatic heterocycles. The molecule has 0 saturated carbocycles. The molecule has 1 N–H and O–H groups in total. The molecule has 7 heteroatoms. The molecule has 2 aromatic rings. The molecule has 0 bridgehead atoms. The molecule has 3 rings (SSSR count). The Morgan fingerprint density at radius 1 is 1.58 bits per heavy atom. The summed E-state index contributed by atoms with van der Waals surface area (Å²) in [6.45, 7) is 5.71. The first-order valence-electron chi connectivity index (χ1n) is 6.37. The molecule has 2 unspecified atom stereocenters. The fraction of sp³-hybridized carbons (Fsp3) is 0.583. The largest absolute Gasteiger partial charge is 0.381 e. The van der Waals surface area contributed by atoms with Gasteiger partial charge in [-0.2, -0.15) is 19.6 Å². The fourth-order valence-corrected chi connectivity index (χ4v) is 2.51. The van der Waals surface area contributed by atoms with Gasteiger partial charge in [0.05, 0.1) is 6.61 Å². The summed E-state index contributed by atoms with van der Waals surface area (Å²) >= 11 is 6.14. The zero-order valence-electron chi connectivity index (χ0n) is 10.9. The molecule has 0 aromatic carbocycles. The minimum absolute atomic E-state index is 0.284. The smallest absolute Gasteiger partial charge is 0.255 e. The molecule has 1 fully saturated rings. The van der Waals surface area contributed by atoms with Crippen LogP contribution >= 0.6 is 11.6 Å². The summed E-state index contributed by atoms with van der Waals surface area (Å²) in [5.41, 5.74) is 0.880. The lowest BCUT2D eigenvalue weighted by molar-refractivity contribution is 0.183. The average Bonchev–Trinajstić information content (AvgIpc) is 3.04. The first kappa shape index (κ1) is 12.6. The lowest BCUT2D eigenvalue weighted by Crippen LogP contribution is -2.28. The van der Waals surface area contributed by atoms with Gasteiger partial charge in [0.15, 0.2) is 0 Å². The first-order chi connectivity index (χ1) is 9.16. The molecule has 0 radical (unpaired) electrons. The maximum Gasteiger partial charge on any atom is 0.255 e. The van der Waals surface area contributed by atoms with Crippen molar-refractivity contribution in [3.8, 4) is 0 Å². The van der Waals surface area contributed by atoms with Gasteiger partial charge in [-0.25, -0.2) is 0 Å². The van der Waals surface area contributed by atoms with Crippen LogP contribution in [0, 0.1) is 12.8 Å². The van der Waals surface area contributed by atoms with Gasteiger partial charge in [0.25, 0.3) is 5.78 Å². The molecule has 0 amide bonds. The van der Waals surface area contributed by atoms with Crippen molar-refractivity contribution >= 4 is 23.2 Å². The highest BCUT2D eigenvalue weighted by Gasteiger charge is 2.24. The molecule has 0 aliphatic carbocycles. The van der Waals surface area contributed by atoms with Crippen molar-refractivity contribution in [2.75, 3.05) is 18.5 Å². The molecule has 1 aliphatic heterocycles. The van der Waals surface area contributed by atoms with Crippen molar-refractivity contribution in [1.29, 1.82) is 0 Å². The van der Waals surface area contributed by atoms with Gasteiger partial charge in [0.1, 0.15) is 17.3 Å². The predicted octanol–water partition coefficient (Wildman–Crippen LogP) is 1.92. The van der Waals surface area contributed by atoms with Crippen LogP contribution in [-0.4, -0.2) is 38.8 Å².